The summed E-state index contributed by atoms with van der Waals surface area (Å²) in [5.41, 5.74) is 0.949. The Morgan fingerprint density at radius 3 is 2.67 bits per heavy atom. The third-order valence-electron chi connectivity index (χ3n) is 2.70. The van der Waals surface area contributed by atoms with Crippen LogP contribution in [0.4, 0.5) is 0 Å². The maximum absolute atomic E-state index is 11.7. The number of rotatable bonds is 3. The van der Waals surface area contributed by atoms with Crippen molar-refractivity contribution in [2.24, 2.45) is 10.9 Å². The first kappa shape index (κ1) is 13.9. The van der Waals surface area contributed by atoms with Gasteiger partial charge in [0.15, 0.2) is 0 Å². The first-order chi connectivity index (χ1) is 8.47. The van der Waals surface area contributed by atoms with E-state index in [1.807, 2.05) is 19.9 Å². The van der Waals surface area contributed by atoms with Crippen molar-refractivity contribution < 1.29 is 4.79 Å². The zero-order valence-corrected chi connectivity index (χ0v) is 12.4. The van der Waals surface area contributed by atoms with Gasteiger partial charge in [-0.1, -0.05) is 54.9 Å². The maximum Gasteiger partial charge on any atom is 0.260 e. The molecular weight excluding hydrogens is 289 g/mol. The van der Waals surface area contributed by atoms with Crippen LogP contribution < -0.4 is 0 Å². The van der Waals surface area contributed by atoms with E-state index >= 15 is 0 Å². The van der Waals surface area contributed by atoms with Gasteiger partial charge >= 0.3 is 0 Å². The van der Waals surface area contributed by atoms with Crippen LogP contribution in [-0.2, 0) is 11.2 Å². The molecule has 0 N–H and O–H groups in total. The summed E-state index contributed by atoms with van der Waals surface area (Å²) < 4.78 is 0. The van der Waals surface area contributed by atoms with Crippen LogP contribution in [0.15, 0.2) is 23.2 Å². The number of amides is 1. The van der Waals surface area contributed by atoms with Crippen LogP contribution in [0.5, 0.6) is 0 Å². The third-order valence-corrected chi connectivity index (χ3v) is 4.80. The molecule has 1 aromatic carbocycles. The summed E-state index contributed by atoms with van der Waals surface area (Å²) in [6, 6.07) is 5.38. The van der Waals surface area contributed by atoms with Crippen molar-refractivity contribution in [3.8, 4) is 0 Å². The second-order valence-electron chi connectivity index (χ2n) is 4.54. The van der Waals surface area contributed by atoms with Crippen LogP contribution in [0.1, 0.15) is 19.4 Å². The predicted molar refractivity (Wildman–Crippen MR) is 78.8 cm³/mol. The van der Waals surface area contributed by atoms with Crippen LogP contribution >= 0.6 is 35.0 Å². The van der Waals surface area contributed by atoms with Gasteiger partial charge in [0.2, 0.25) is 0 Å². The summed E-state index contributed by atoms with van der Waals surface area (Å²) in [7, 11) is 0. The number of nitrogens with zero attached hydrogens (tertiary/aromatic N) is 1. The van der Waals surface area contributed by atoms with E-state index in [2.05, 4.69) is 4.99 Å². The molecule has 1 aliphatic heterocycles. The van der Waals surface area contributed by atoms with Crippen molar-refractivity contribution in [2.45, 2.75) is 25.5 Å². The lowest BCUT2D eigenvalue weighted by Crippen LogP contribution is -2.17. The molecule has 1 aliphatic rings. The molecule has 5 heteroatoms. The summed E-state index contributed by atoms with van der Waals surface area (Å²) in [5, 5.41) is 2.01. The number of carbonyl (C=O) groups excluding carboxylic acids is 1. The molecule has 1 aromatic rings. The summed E-state index contributed by atoms with van der Waals surface area (Å²) in [4.78, 5) is 15.8. The first-order valence-corrected chi connectivity index (χ1v) is 7.33. The van der Waals surface area contributed by atoms with Gasteiger partial charge in [0.05, 0.1) is 10.3 Å². The minimum atomic E-state index is -0.0499. The highest BCUT2D eigenvalue weighted by Crippen LogP contribution is 2.31. The largest absolute Gasteiger partial charge is 0.271 e. The van der Waals surface area contributed by atoms with Crippen LogP contribution in [0.25, 0.3) is 0 Å². The Kier molecular flexibility index (Phi) is 4.36. The van der Waals surface area contributed by atoms with Gasteiger partial charge in [-0.15, -0.1) is 0 Å². The van der Waals surface area contributed by atoms with Crippen molar-refractivity contribution in [1.29, 1.82) is 0 Å². The summed E-state index contributed by atoms with van der Waals surface area (Å²) >= 11 is 13.5. The summed E-state index contributed by atoms with van der Waals surface area (Å²) in [5.74, 6) is 0.263. The number of thioether (sulfide) groups is 1. The summed E-state index contributed by atoms with van der Waals surface area (Å²) in [6.45, 7) is 4.06. The smallest absolute Gasteiger partial charge is 0.260 e. The molecule has 0 radical (unpaired) electrons. The van der Waals surface area contributed by atoms with Crippen LogP contribution in [0.3, 0.4) is 0 Å². The van der Waals surface area contributed by atoms with Crippen molar-refractivity contribution in [1.82, 2.24) is 0 Å². The second-order valence-corrected chi connectivity index (χ2v) is 6.60. The molecular formula is C13H13Cl2NOS. The quantitative estimate of drug-likeness (QED) is 0.836. The van der Waals surface area contributed by atoms with E-state index in [-0.39, 0.29) is 11.2 Å². The molecule has 1 amide bonds. The fourth-order valence-electron chi connectivity index (χ4n) is 1.74. The van der Waals surface area contributed by atoms with Gasteiger partial charge in [-0.2, -0.15) is 0 Å². The maximum atomic E-state index is 11.7. The molecule has 0 bridgehead atoms. The van der Waals surface area contributed by atoms with Gasteiger partial charge in [-0.25, -0.2) is 4.99 Å². The average Bonchev–Trinajstić information content (AvgIpc) is 2.64. The molecule has 2 nitrogen and oxygen atoms in total. The number of aliphatic imine (C=N–C) groups is 1. The molecule has 1 atom stereocenters. The van der Waals surface area contributed by atoms with Crippen molar-refractivity contribution in [2.75, 3.05) is 0 Å². The number of hydrogen-bond acceptors (Lipinski definition) is 2. The SMILES string of the molecule is CC(C)C1SC(Cc2ccc(Cl)cc2Cl)=NC1=O. The zero-order valence-electron chi connectivity index (χ0n) is 10.1. The molecule has 0 fully saturated rings. The van der Waals surface area contributed by atoms with E-state index in [1.54, 1.807) is 23.9 Å². The Balaban J connectivity index is 2.12. The number of hydrogen-bond donors (Lipinski definition) is 0. The minimum Gasteiger partial charge on any atom is -0.271 e. The Bertz CT molecular complexity index is 514. The van der Waals surface area contributed by atoms with Gasteiger partial charge in [0.1, 0.15) is 0 Å². The zero-order chi connectivity index (χ0) is 13.3. The van der Waals surface area contributed by atoms with E-state index in [4.69, 9.17) is 23.2 Å². The van der Waals surface area contributed by atoms with Gasteiger partial charge in [-0.3, -0.25) is 4.79 Å². The normalized spacial score (nSPS) is 19.5. The number of carbonyl (C=O) groups is 1. The molecule has 1 heterocycles. The van der Waals surface area contributed by atoms with Crippen LogP contribution in [0.2, 0.25) is 10.0 Å². The highest BCUT2D eigenvalue weighted by Gasteiger charge is 2.30. The van der Waals surface area contributed by atoms with E-state index < -0.39 is 0 Å². The van der Waals surface area contributed by atoms with E-state index in [0.717, 1.165) is 10.6 Å². The van der Waals surface area contributed by atoms with Crippen molar-refractivity contribution in [3.05, 3.63) is 33.8 Å². The molecule has 0 aromatic heterocycles. The standard InChI is InChI=1S/C13H13Cl2NOS/c1-7(2)12-13(17)16-11(18-12)5-8-3-4-9(14)6-10(8)15/h3-4,6-7,12H,5H2,1-2H3. The van der Waals surface area contributed by atoms with Gasteiger partial charge < -0.3 is 0 Å². The number of benzene rings is 1. The lowest BCUT2D eigenvalue weighted by molar-refractivity contribution is -0.117. The molecule has 0 aliphatic carbocycles. The third kappa shape index (κ3) is 3.08. The topological polar surface area (TPSA) is 29.4 Å². The Hall–Kier alpha value is -0.510. The minimum absolute atomic E-state index is 0.0323. The van der Waals surface area contributed by atoms with E-state index in [0.29, 0.717) is 22.4 Å². The Morgan fingerprint density at radius 1 is 1.39 bits per heavy atom. The molecule has 96 valence electrons. The number of halogens is 2. The lowest BCUT2D eigenvalue weighted by atomic mass is 10.1. The Morgan fingerprint density at radius 2 is 2.11 bits per heavy atom. The molecule has 2 rings (SSSR count). The van der Waals surface area contributed by atoms with Gasteiger partial charge in [0, 0.05) is 16.5 Å². The van der Waals surface area contributed by atoms with Crippen molar-refractivity contribution in [3.63, 3.8) is 0 Å². The van der Waals surface area contributed by atoms with Crippen LogP contribution in [-0.4, -0.2) is 16.2 Å². The molecule has 0 saturated carbocycles. The predicted octanol–water partition coefficient (Wildman–Crippen LogP) is 4.23. The van der Waals surface area contributed by atoms with Gasteiger partial charge in [0.25, 0.3) is 5.91 Å². The molecule has 0 saturated heterocycles. The monoisotopic (exact) mass is 301 g/mol. The van der Waals surface area contributed by atoms with Gasteiger partial charge in [-0.05, 0) is 23.6 Å². The first-order valence-electron chi connectivity index (χ1n) is 5.69. The molecule has 1 unspecified atom stereocenters. The lowest BCUT2D eigenvalue weighted by Gasteiger charge is -2.10. The van der Waals surface area contributed by atoms with E-state index in [1.165, 1.54) is 0 Å². The highest BCUT2D eigenvalue weighted by molar-refractivity contribution is 8.15. The molecule has 18 heavy (non-hydrogen) atoms. The fourth-order valence-corrected chi connectivity index (χ4v) is 3.32. The van der Waals surface area contributed by atoms with Crippen molar-refractivity contribution >= 4 is 45.9 Å². The fraction of sp³-hybridized carbons (Fsp3) is 0.385. The second kappa shape index (κ2) is 5.64. The highest BCUT2D eigenvalue weighted by atomic mass is 35.5. The van der Waals surface area contributed by atoms with E-state index in [9.17, 15) is 4.79 Å². The van der Waals surface area contributed by atoms with Crippen LogP contribution in [0, 0.1) is 5.92 Å². The Labute approximate surface area is 121 Å². The molecule has 0 spiro atoms. The summed E-state index contributed by atoms with van der Waals surface area (Å²) in [6.07, 6.45) is 0.593. The average molecular weight is 302 g/mol.